The summed E-state index contributed by atoms with van der Waals surface area (Å²) in [5.74, 6) is -2.30. The first-order chi connectivity index (χ1) is 18.2. The Balaban J connectivity index is 1.65. The molecule has 0 saturated heterocycles. The van der Waals surface area contributed by atoms with Crippen LogP contribution in [0, 0.1) is 12.7 Å². The molecule has 9 heteroatoms. The number of aliphatic hydroxyl groups is 1. The van der Waals surface area contributed by atoms with Crippen LogP contribution in [0.3, 0.4) is 0 Å². The number of halogens is 1. The molecular weight excluding hydrogens is 489 g/mol. The summed E-state index contributed by atoms with van der Waals surface area (Å²) < 4.78 is 21.7. The van der Waals surface area contributed by atoms with Crippen molar-refractivity contribution in [1.29, 1.82) is 0 Å². The SMILES string of the molecule is Cc1ccccc1C(CC(=O)O)NC(=O)c1cc(OC[C@@](C)(O)c2ccccc2)n(-c2ccccc2F)n1. The normalized spacial score (nSPS) is 13.4. The van der Waals surface area contributed by atoms with Gasteiger partial charge in [-0.05, 0) is 42.7 Å². The van der Waals surface area contributed by atoms with E-state index in [1.54, 1.807) is 49.4 Å². The number of hydrogen-bond donors (Lipinski definition) is 3. The van der Waals surface area contributed by atoms with Gasteiger partial charge in [-0.3, -0.25) is 9.59 Å². The van der Waals surface area contributed by atoms with Crippen LogP contribution < -0.4 is 10.1 Å². The highest BCUT2D eigenvalue weighted by molar-refractivity contribution is 5.93. The van der Waals surface area contributed by atoms with Gasteiger partial charge in [0, 0.05) is 6.07 Å². The molecule has 0 bridgehead atoms. The van der Waals surface area contributed by atoms with Gasteiger partial charge in [-0.25, -0.2) is 4.39 Å². The number of carbonyl (C=O) groups excluding carboxylic acids is 1. The third-order valence-electron chi connectivity index (χ3n) is 6.13. The predicted molar refractivity (Wildman–Crippen MR) is 139 cm³/mol. The maximum Gasteiger partial charge on any atom is 0.305 e. The van der Waals surface area contributed by atoms with E-state index < -0.39 is 29.3 Å². The van der Waals surface area contributed by atoms with E-state index in [1.165, 1.54) is 24.3 Å². The van der Waals surface area contributed by atoms with Gasteiger partial charge in [0.15, 0.2) is 5.69 Å². The van der Waals surface area contributed by atoms with Crippen molar-refractivity contribution in [1.82, 2.24) is 15.1 Å². The zero-order valence-electron chi connectivity index (χ0n) is 21.0. The summed E-state index contributed by atoms with van der Waals surface area (Å²) in [5, 5.41) is 27.4. The smallest absolute Gasteiger partial charge is 0.305 e. The lowest BCUT2D eigenvalue weighted by atomic mass is 9.97. The lowest BCUT2D eigenvalue weighted by molar-refractivity contribution is -0.137. The third-order valence-corrected chi connectivity index (χ3v) is 6.13. The molecule has 2 atom stereocenters. The van der Waals surface area contributed by atoms with Crippen molar-refractivity contribution >= 4 is 11.9 Å². The molecule has 1 unspecified atom stereocenters. The molecule has 0 aliphatic heterocycles. The number of para-hydroxylation sites is 1. The van der Waals surface area contributed by atoms with E-state index in [2.05, 4.69) is 10.4 Å². The maximum atomic E-state index is 14.7. The predicted octanol–water partition coefficient (Wildman–Crippen LogP) is 4.55. The average Bonchev–Trinajstić information content (AvgIpc) is 3.32. The van der Waals surface area contributed by atoms with Gasteiger partial charge in [-0.15, -0.1) is 0 Å². The Morgan fingerprint density at radius 1 is 1.05 bits per heavy atom. The Morgan fingerprint density at radius 3 is 2.39 bits per heavy atom. The minimum absolute atomic E-state index is 0.0298. The number of carboxylic acid groups (broad SMARTS) is 1. The molecule has 0 saturated carbocycles. The van der Waals surface area contributed by atoms with Gasteiger partial charge >= 0.3 is 5.97 Å². The van der Waals surface area contributed by atoms with Crippen molar-refractivity contribution in [3.63, 3.8) is 0 Å². The maximum absolute atomic E-state index is 14.7. The van der Waals surface area contributed by atoms with Crippen LogP contribution in [-0.4, -0.2) is 38.5 Å². The van der Waals surface area contributed by atoms with Gasteiger partial charge in [0.1, 0.15) is 23.7 Å². The molecule has 3 N–H and O–H groups in total. The first-order valence-corrected chi connectivity index (χ1v) is 12.0. The molecular formula is C29H28FN3O5. The topological polar surface area (TPSA) is 114 Å². The molecule has 0 radical (unpaired) electrons. The summed E-state index contributed by atoms with van der Waals surface area (Å²) >= 11 is 0. The molecule has 1 aromatic heterocycles. The van der Waals surface area contributed by atoms with Crippen LogP contribution in [0.4, 0.5) is 4.39 Å². The highest BCUT2D eigenvalue weighted by atomic mass is 19.1. The van der Waals surface area contributed by atoms with Gasteiger partial charge in [0.2, 0.25) is 5.88 Å². The minimum atomic E-state index is -1.38. The summed E-state index contributed by atoms with van der Waals surface area (Å²) in [6.07, 6.45) is -0.339. The molecule has 0 aliphatic rings. The summed E-state index contributed by atoms with van der Waals surface area (Å²) in [5.41, 5.74) is 0.652. The zero-order chi connectivity index (χ0) is 27.3. The van der Waals surface area contributed by atoms with Gasteiger partial charge in [0.05, 0.1) is 12.5 Å². The van der Waals surface area contributed by atoms with Crippen LogP contribution >= 0.6 is 0 Å². The largest absolute Gasteiger partial charge is 0.481 e. The Bertz CT molecular complexity index is 1440. The monoisotopic (exact) mass is 517 g/mol. The molecule has 38 heavy (non-hydrogen) atoms. The Labute approximate surface area is 219 Å². The molecule has 0 spiro atoms. The van der Waals surface area contributed by atoms with Crippen molar-refractivity contribution in [2.75, 3.05) is 6.61 Å². The van der Waals surface area contributed by atoms with Gasteiger partial charge < -0.3 is 20.3 Å². The Kier molecular flexibility index (Phi) is 7.87. The summed E-state index contributed by atoms with van der Waals surface area (Å²) in [6, 6.07) is 22.5. The van der Waals surface area contributed by atoms with Gasteiger partial charge in [0.25, 0.3) is 5.91 Å². The number of amides is 1. The average molecular weight is 518 g/mol. The van der Waals surface area contributed by atoms with E-state index in [4.69, 9.17) is 4.74 Å². The van der Waals surface area contributed by atoms with Crippen LogP contribution in [0.2, 0.25) is 0 Å². The van der Waals surface area contributed by atoms with E-state index in [0.717, 1.165) is 10.2 Å². The molecule has 1 heterocycles. The number of aryl methyl sites for hydroxylation is 1. The highest BCUT2D eigenvalue weighted by Gasteiger charge is 2.27. The van der Waals surface area contributed by atoms with Gasteiger partial charge in [-0.2, -0.15) is 9.78 Å². The lowest BCUT2D eigenvalue weighted by Crippen LogP contribution is -2.31. The number of ether oxygens (including phenoxy) is 1. The lowest BCUT2D eigenvalue weighted by Gasteiger charge is -2.24. The van der Waals surface area contributed by atoms with E-state index in [9.17, 15) is 24.2 Å². The first kappa shape index (κ1) is 26.6. The number of nitrogens with zero attached hydrogens (tertiary/aromatic N) is 2. The number of hydrogen-bond acceptors (Lipinski definition) is 5. The standard InChI is InChI=1S/C29H28FN3O5/c1-19-10-6-7-13-21(19)23(17-27(34)35)31-28(36)24-16-26(33(32-24)25-15-9-8-14-22(25)30)38-18-29(2,37)20-11-4-3-5-12-20/h3-16,23,37H,17-18H2,1-2H3,(H,31,36)(H,34,35)/t23?,29-/m1/s1. The third kappa shape index (κ3) is 6.07. The number of nitrogens with one attached hydrogen (secondary N) is 1. The van der Waals surface area contributed by atoms with E-state index in [0.29, 0.717) is 11.1 Å². The van der Waals surface area contributed by atoms with Gasteiger partial charge in [-0.1, -0.05) is 66.7 Å². The molecule has 196 valence electrons. The second-order valence-electron chi connectivity index (χ2n) is 9.14. The zero-order valence-corrected chi connectivity index (χ0v) is 21.0. The first-order valence-electron chi connectivity index (χ1n) is 12.0. The van der Waals surface area contributed by atoms with Crippen LogP contribution in [0.25, 0.3) is 5.69 Å². The number of aliphatic carboxylic acids is 1. The fourth-order valence-electron chi connectivity index (χ4n) is 4.09. The van der Waals surface area contributed by atoms with Crippen LogP contribution in [0.15, 0.2) is 84.9 Å². The fraction of sp³-hybridized carbons (Fsp3) is 0.207. The van der Waals surface area contributed by atoms with Crippen LogP contribution in [0.1, 0.15) is 46.6 Å². The van der Waals surface area contributed by atoms with Crippen LogP contribution in [0.5, 0.6) is 5.88 Å². The summed E-state index contributed by atoms with van der Waals surface area (Å²) in [4.78, 5) is 24.8. The Morgan fingerprint density at radius 2 is 1.71 bits per heavy atom. The van der Waals surface area contributed by atoms with E-state index in [-0.39, 0.29) is 30.3 Å². The molecule has 8 nitrogen and oxygen atoms in total. The second-order valence-corrected chi connectivity index (χ2v) is 9.14. The minimum Gasteiger partial charge on any atom is -0.481 e. The number of carbonyl (C=O) groups is 2. The molecule has 0 fully saturated rings. The fourth-order valence-corrected chi connectivity index (χ4v) is 4.09. The van der Waals surface area contributed by atoms with Crippen molar-refractivity contribution in [3.05, 3.63) is 113 Å². The number of benzene rings is 3. The number of carboxylic acids is 1. The van der Waals surface area contributed by atoms with Crippen molar-refractivity contribution in [3.8, 4) is 11.6 Å². The number of rotatable bonds is 10. The van der Waals surface area contributed by atoms with Crippen molar-refractivity contribution in [2.45, 2.75) is 31.9 Å². The Hall–Kier alpha value is -4.50. The van der Waals surface area contributed by atoms with E-state index in [1.807, 2.05) is 25.1 Å². The summed E-state index contributed by atoms with van der Waals surface area (Å²) in [6.45, 7) is 3.20. The van der Waals surface area contributed by atoms with E-state index >= 15 is 0 Å². The molecule has 4 aromatic rings. The van der Waals surface area contributed by atoms with Crippen molar-refractivity contribution in [2.24, 2.45) is 0 Å². The number of aromatic nitrogens is 2. The molecule has 3 aromatic carbocycles. The quantitative estimate of drug-likeness (QED) is 0.284. The molecule has 0 aliphatic carbocycles. The molecule has 4 rings (SSSR count). The molecule has 1 amide bonds. The summed E-state index contributed by atoms with van der Waals surface area (Å²) in [7, 11) is 0. The van der Waals surface area contributed by atoms with Crippen molar-refractivity contribution < 1.29 is 28.9 Å². The van der Waals surface area contributed by atoms with Crippen LogP contribution in [-0.2, 0) is 10.4 Å². The second kappa shape index (κ2) is 11.3. The highest BCUT2D eigenvalue weighted by Crippen LogP contribution is 2.27.